The van der Waals surface area contributed by atoms with Crippen molar-refractivity contribution in [3.63, 3.8) is 0 Å². The van der Waals surface area contributed by atoms with E-state index in [-0.39, 0.29) is 0 Å². The predicted octanol–water partition coefficient (Wildman–Crippen LogP) is 4.51. The number of hydrogen-bond donors (Lipinski definition) is 0. The van der Waals surface area contributed by atoms with Gasteiger partial charge in [-0.1, -0.05) is 65.1 Å². The summed E-state index contributed by atoms with van der Waals surface area (Å²) in [6.45, 7) is 2.12. The summed E-state index contributed by atoms with van der Waals surface area (Å²) in [4.78, 5) is 0. The molecule has 0 radical (unpaired) electrons. The molecule has 74 valence electrons. The van der Waals surface area contributed by atoms with Crippen molar-refractivity contribution in [1.82, 2.24) is 0 Å². The maximum Gasteiger partial charge on any atom is -0.0205 e. The maximum atomic E-state index is 2.26. The lowest BCUT2D eigenvalue weighted by Crippen LogP contribution is -1.81. The summed E-state index contributed by atoms with van der Waals surface area (Å²) in [7, 11) is 0. The molecule has 0 unspecified atom stereocenters. The van der Waals surface area contributed by atoms with E-state index in [2.05, 4.69) is 76.1 Å². The molecule has 1 aromatic carbocycles. The van der Waals surface area contributed by atoms with Gasteiger partial charge in [0, 0.05) is 0 Å². The first kappa shape index (κ1) is 11.5. The van der Waals surface area contributed by atoms with E-state index in [9.17, 15) is 0 Å². The zero-order valence-electron chi connectivity index (χ0n) is 8.41. The second-order valence-corrected chi connectivity index (χ2v) is 3.90. The molecule has 0 amide bonds. The van der Waals surface area contributed by atoms with Crippen molar-refractivity contribution in [1.29, 1.82) is 0 Å². The van der Waals surface area contributed by atoms with Gasteiger partial charge >= 0.3 is 0 Å². The van der Waals surface area contributed by atoms with Gasteiger partial charge in [-0.25, -0.2) is 0 Å². The van der Waals surface area contributed by atoms with Gasteiger partial charge in [0.15, 0.2) is 0 Å². The van der Waals surface area contributed by atoms with Crippen LogP contribution in [0.3, 0.4) is 0 Å². The predicted molar refractivity (Wildman–Crippen MR) is 71.7 cm³/mol. The second kappa shape index (κ2) is 6.82. The summed E-state index contributed by atoms with van der Waals surface area (Å²) in [5, 5.41) is 0. The number of benzene rings is 1. The molecule has 0 spiro atoms. The number of hydrogen-bond acceptors (Lipinski definition) is 0. The van der Waals surface area contributed by atoms with Gasteiger partial charge in [-0.15, -0.1) is 0 Å². The Morgan fingerprint density at radius 2 is 2.00 bits per heavy atom. The van der Waals surface area contributed by atoms with E-state index in [0.717, 1.165) is 12.8 Å². The van der Waals surface area contributed by atoms with Crippen molar-refractivity contribution in [2.45, 2.75) is 19.8 Å². The number of rotatable bonds is 4. The molecule has 0 aliphatic rings. The van der Waals surface area contributed by atoms with Crippen LogP contribution in [0, 0.1) is 0 Å². The smallest absolute Gasteiger partial charge is 0.0205 e. The summed E-state index contributed by atoms with van der Waals surface area (Å²) in [5.74, 6) is 0. The Labute approximate surface area is 99.9 Å². The zero-order valence-corrected chi connectivity index (χ0v) is 10.6. The molecule has 0 saturated heterocycles. The van der Waals surface area contributed by atoms with Crippen LogP contribution >= 0.6 is 22.6 Å². The Morgan fingerprint density at radius 1 is 1.29 bits per heavy atom. The van der Waals surface area contributed by atoms with Crippen LogP contribution in [-0.2, 0) is 6.42 Å². The highest BCUT2D eigenvalue weighted by Gasteiger charge is 1.87. The van der Waals surface area contributed by atoms with Crippen molar-refractivity contribution in [2.24, 2.45) is 0 Å². The molecule has 0 fully saturated rings. The standard InChI is InChI=1S/C13H15I/c1-12(11-14)7-5-6-10-13-8-3-2-4-9-13/h2-5,7-9,11H,6,10H2,1H3/b7-5+,12-11+. The van der Waals surface area contributed by atoms with Gasteiger partial charge in [0.05, 0.1) is 0 Å². The molecule has 0 saturated carbocycles. The molecule has 0 aromatic heterocycles. The summed E-state index contributed by atoms with van der Waals surface area (Å²) in [6.07, 6.45) is 6.66. The molecule has 14 heavy (non-hydrogen) atoms. The highest BCUT2D eigenvalue weighted by molar-refractivity contribution is 14.1. The Kier molecular flexibility index (Phi) is 5.60. The zero-order chi connectivity index (χ0) is 10.2. The minimum Gasteiger partial charge on any atom is -0.0839 e. The number of halogens is 1. The summed E-state index contributed by atoms with van der Waals surface area (Å²) in [6, 6.07) is 10.6. The minimum atomic E-state index is 1.12. The Hall–Kier alpha value is -0.570. The van der Waals surface area contributed by atoms with Crippen LogP contribution in [0.15, 0.2) is 52.1 Å². The largest absolute Gasteiger partial charge is 0.0839 e. The fourth-order valence-corrected chi connectivity index (χ4v) is 1.41. The number of aryl methyl sites for hydroxylation is 1. The quantitative estimate of drug-likeness (QED) is 0.566. The first-order valence-corrected chi connectivity index (χ1v) is 6.05. The topological polar surface area (TPSA) is 0 Å². The summed E-state index contributed by atoms with van der Waals surface area (Å²) < 4.78 is 2.09. The van der Waals surface area contributed by atoms with Gasteiger partial charge < -0.3 is 0 Å². The van der Waals surface area contributed by atoms with Crippen molar-refractivity contribution >= 4 is 22.6 Å². The fraction of sp³-hybridized carbons (Fsp3) is 0.231. The van der Waals surface area contributed by atoms with Gasteiger partial charge in [-0.05, 0) is 35.0 Å². The van der Waals surface area contributed by atoms with Crippen LogP contribution in [0.1, 0.15) is 18.9 Å². The highest BCUT2D eigenvalue weighted by atomic mass is 127. The molecule has 1 aromatic rings. The van der Waals surface area contributed by atoms with Crippen molar-refractivity contribution in [3.05, 3.63) is 57.7 Å². The molecule has 0 aliphatic carbocycles. The van der Waals surface area contributed by atoms with E-state index in [1.54, 1.807) is 0 Å². The third kappa shape index (κ3) is 4.61. The van der Waals surface area contributed by atoms with Crippen LogP contribution in [-0.4, -0.2) is 0 Å². The lowest BCUT2D eigenvalue weighted by atomic mass is 10.1. The van der Waals surface area contributed by atoms with Gasteiger partial charge in [-0.3, -0.25) is 0 Å². The molecule has 0 heterocycles. The van der Waals surface area contributed by atoms with Gasteiger partial charge in [0.25, 0.3) is 0 Å². The average Bonchev–Trinajstić information content (AvgIpc) is 2.25. The van der Waals surface area contributed by atoms with E-state index < -0.39 is 0 Å². The molecule has 0 aliphatic heterocycles. The Morgan fingerprint density at radius 3 is 2.64 bits per heavy atom. The second-order valence-electron chi connectivity index (χ2n) is 3.28. The lowest BCUT2D eigenvalue weighted by Gasteiger charge is -1.96. The van der Waals surface area contributed by atoms with Crippen molar-refractivity contribution < 1.29 is 0 Å². The van der Waals surface area contributed by atoms with Crippen LogP contribution < -0.4 is 0 Å². The Balaban J connectivity index is 2.32. The normalized spacial score (nSPS) is 12.3. The highest BCUT2D eigenvalue weighted by Crippen LogP contribution is 2.05. The van der Waals surface area contributed by atoms with Crippen LogP contribution in [0.5, 0.6) is 0 Å². The third-order valence-electron chi connectivity index (χ3n) is 2.00. The molecule has 0 N–H and O–H groups in total. The van der Waals surface area contributed by atoms with Gasteiger partial charge in [0.1, 0.15) is 0 Å². The average molecular weight is 298 g/mol. The molecule has 0 nitrogen and oxygen atoms in total. The molecule has 1 heteroatoms. The maximum absolute atomic E-state index is 2.26. The molecule has 0 bridgehead atoms. The minimum absolute atomic E-state index is 1.12. The molecular formula is C13H15I. The summed E-state index contributed by atoms with van der Waals surface area (Å²) in [5.41, 5.74) is 2.73. The SMILES string of the molecule is CC(/C=C/CCc1ccccc1)=C\I. The van der Waals surface area contributed by atoms with E-state index in [0.29, 0.717) is 0 Å². The van der Waals surface area contributed by atoms with Crippen molar-refractivity contribution in [3.8, 4) is 0 Å². The molecular weight excluding hydrogens is 283 g/mol. The van der Waals surface area contributed by atoms with E-state index in [1.807, 2.05) is 0 Å². The molecule has 1 rings (SSSR count). The van der Waals surface area contributed by atoms with Crippen molar-refractivity contribution in [2.75, 3.05) is 0 Å². The first-order chi connectivity index (χ1) is 6.83. The summed E-state index contributed by atoms with van der Waals surface area (Å²) >= 11 is 2.26. The van der Waals surface area contributed by atoms with E-state index in [4.69, 9.17) is 0 Å². The van der Waals surface area contributed by atoms with Gasteiger partial charge in [0.2, 0.25) is 0 Å². The van der Waals surface area contributed by atoms with Crippen LogP contribution in [0.25, 0.3) is 0 Å². The van der Waals surface area contributed by atoms with Gasteiger partial charge in [-0.2, -0.15) is 0 Å². The van der Waals surface area contributed by atoms with E-state index >= 15 is 0 Å². The third-order valence-corrected chi connectivity index (χ3v) is 2.98. The Bertz CT molecular complexity index is 309. The van der Waals surface area contributed by atoms with Crippen LogP contribution in [0.4, 0.5) is 0 Å². The molecule has 0 atom stereocenters. The first-order valence-electron chi connectivity index (χ1n) is 4.80. The number of allylic oxidation sites excluding steroid dienone is 3. The van der Waals surface area contributed by atoms with E-state index in [1.165, 1.54) is 11.1 Å². The van der Waals surface area contributed by atoms with Crippen LogP contribution in [0.2, 0.25) is 0 Å². The fourth-order valence-electron chi connectivity index (χ4n) is 1.20. The monoisotopic (exact) mass is 298 g/mol. The lowest BCUT2D eigenvalue weighted by molar-refractivity contribution is 1.00.